The Balaban J connectivity index is 3.21. The van der Waals surface area contributed by atoms with Gasteiger partial charge >= 0.3 is 13.2 Å². The quantitative estimate of drug-likeness (QED) is 0.549. The molecule has 0 unspecified atom stereocenters. The summed E-state index contributed by atoms with van der Waals surface area (Å²) in [4.78, 5) is 0. The molecule has 0 saturated carbocycles. The maximum absolute atomic E-state index is 12.2. The van der Waals surface area contributed by atoms with Crippen LogP contribution in [0.3, 0.4) is 0 Å². The molecule has 0 amide bonds. The van der Waals surface area contributed by atoms with E-state index in [4.69, 9.17) is 0 Å². The number of halogens is 7. The highest BCUT2D eigenvalue weighted by Crippen LogP contribution is 2.31. The molecule has 0 radical (unpaired) electrons. The zero-order valence-corrected chi connectivity index (χ0v) is 8.54. The highest BCUT2D eigenvalue weighted by Gasteiger charge is 2.33. The van der Waals surface area contributed by atoms with Crippen LogP contribution in [0, 0.1) is 0 Å². The number of alkyl halides is 3. The van der Waals surface area contributed by atoms with Crippen molar-refractivity contribution in [2.24, 2.45) is 0 Å². The zero-order valence-electron chi connectivity index (χ0n) is 6.96. The Morgan fingerprint density at radius 1 is 1.07 bits per heavy atom. The van der Waals surface area contributed by atoms with Crippen LogP contribution in [-0.2, 0) is 6.18 Å². The summed E-state index contributed by atoms with van der Waals surface area (Å²) in [6.45, 7) is -5.30. The average molecular weight is 292 g/mol. The summed E-state index contributed by atoms with van der Waals surface area (Å²) in [6, 6.07) is 1.26. The normalized spacial score (nSPS) is 13.0. The van der Waals surface area contributed by atoms with Crippen LogP contribution in [0.25, 0.3) is 0 Å². The highest BCUT2D eigenvalue weighted by molar-refractivity contribution is 9.10. The molecular formula is C7H3BBrF6-. The van der Waals surface area contributed by atoms with Gasteiger partial charge in [0.05, 0.1) is 5.56 Å². The molecule has 1 rings (SSSR count). The highest BCUT2D eigenvalue weighted by atomic mass is 79.9. The van der Waals surface area contributed by atoms with E-state index in [0.29, 0.717) is 18.2 Å². The van der Waals surface area contributed by atoms with Gasteiger partial charge in [-0.25, -0.2) is 0 Å². The first-order chi connectivity index (χ1) is 6.62. The van der Waals surface area contributed by atoms with Crippen LogP contribution in [0.15, 0.2) is 22.7 Å². The third kappa shape index (κ3) is 2.90. The molecule has 0 fully saturated rings. The van der Waals surface area contributed by atoms with Gasteiger partial charge in [0.15, 0.2) is 0 Å². The first kappa shape index (κ1) is 12.4. The lowest BCUT2D eigenvalue weighted by Crippen LogP contribution is -2.35. The van der Waals surface area contributed by atoms with E-state index in [-0.39, 0.29) is 0 Å². The average Bonchev–Trinajstić information content (AvgIpc) is 1.99. The Morgan fingerprint density at radius 2 is 1.60 bits per heavy atom. The van der Waals surface area contributed by atoms with Crippen molar-refractivity contribution in [2.75, 3.05) is 0 Å². The van der Waals surface area contributed by atoms with Crippen LogP contribution in [-0.4, -0.2) is 6.98 Å². The summed E-state index contributed by atoms with van der Waals surface area (Å²) in [5.41, 5.74) is -2.18. The molecule has 0 aromatic heterocycles. The lowest BCUT2D eigenvalue weighted by molar-refractivity contribution is -0.137. The lowest BCUT2D eigenvalue weighted by Gasteiger charge is -2.18. The monoisotopic (exact) mass is 291 g/mol. The van der Waals surface area contributed by atoms with E-state index in [0.717, 1.165) is 0 Å². The van der Waals surface area contributed by atoms with Crippen molar-refractivity contribution in [3.63, 3.8) is 0 Å². The minimum atomic E-state index is -5.30. The molecule has 84 valence electrons. The van der Waals surface area contributed by atoms with Crippen molar-refractivity contribution in [1.29, 1.82) is 0 Å². The van der Waals surface area contributed by atoms with Gasteiger partial charge in [0.1, 0.15) is 0 Å². The standard InChI is InChI=1S/C7H3BBrF6/c9-6-3-4(7(10,11)12)1-2-5(6)8(13,14)15/h1-3H/q-1. The van der Waals surface area contributed by atoms with Crippen LogP contribution in [0.2, 0.25) is 0 Å². The molecule has 8 heteroatoms. The predicted octanol–water partition coefficient (Wildman–Crippen LogP) is 3.52. The summed E-state index contributed by atoms with van der Waals surface area (Å²) in [5, 5.41) is 0. The maximum Gasteiger partial charge on any atom is 0.510 e. The molecule has 1 aromatic rings. The Morgan fingerprint density at radius 3 is 1.93 bits per heavy atom. The fourth-order valence-electron chi connectivity index (χ4n) is 0.969. The number of benzene rings is 1. The van der Waals surface area contributed by atoms with Gasteiger partial charge in [-0.3, -0.25) is 0 Å². The van der Waals surface area contributed by atoms with Crippen molar-refractivity contribution in [2.45, 2.75) is 6.18 Å². The molecule has 0 aliphatic carbocycles. The Kier molecular flexibility index (Phi) is 3.09. The number of hydrogen-bond acceptors (Lipinski definition) is 0. The van der Waals surface area contributed by atoms with Crippen LogP contribution >= 0.6 is 15.9 Å². The van der Waals surface area contributed by atoms with Crippen molar-refractivity contribution in [3.05, 3.63) is 28.2 Å². The summed E-state index contributed by atoms with van der Waals surface area (Å²) in [7, 11) is 0. The van der Waals surface area contributed by atoms with Crippen molar-refractivity contribution in [1.82, 2.24) is 0 Å². The van der Waals surface area contributed by atoms with Gasteiger partial charge in [0.2, 0.25) is 0 Å². The smallest absolute Gasteiger partial charge is 0.445 e. The second kappa shape index (κ2) is 3.73. The van der Waals surface area contributed by atoms with E-state index in [1.165, 1.54) is 0 Å². The summed E-state index contributed by atoms with van der Waals surface area (Å²) < 4.78 is 72.4. The Bertz CT molecular complexity index is 369. The van der Waals surface area contributed by atoms with E-state index >= 15 is 0 Å². The Hall–Kier alpha value is -0.655. The molecule has 15 heavy (non-hydrogen) atoms. The van der Waals surface area contributed by atoms with Crippen molar-refractivity contribution >= 4 is 28.4 Å². The summed E-state index contributed by atoms with van der Waals surface area (Å²) in [5.74, 6) is 0. The van der Waals surface area contributed by atoms with Gasteiger partial charge < -0.3 is 12.9 Å². The van der Waals surface area contributed by atoms with Gasteiger partial charge in [-0.05, 0) is 10.5 Å². The van der Waals surface area contributed by atoms with E-state index in [1.54, 1.807) is 0 Å². The SMILES string of the molecule is F[B-](F)(F)c1ccc(C(F)(F)F)cc1Br. The van der Waals surface area contributed by atoms with E-state index < -0.39 is 28.7 Å². The van der Waals surface area contributed by atoms with Gasteiger partial charge in [-0.15, -0.1) is 0 Å². The van der Waals surface area contributed by atoms with Crippen LogP contribution in [0.1, 0.15) is 5.56 Å². The molecule has 0 aliphatic rings. The van der Waals surface area contributed by atoms with Crippen molar-refractivity contribution in [3.8, 4) is 0 Å². The largest absolute Gasteiger partial charge is 0.510 e. The zero-order chi connectivity index (χ0) is 11.9. The lowest BCUT2D eigenvalue weighted by atomic mass is 9.80. The van der Waals surface area contributed by atoms with Crippen LogP contribution < -0.4 is 5.46 Å². The van der Waals surface area contributed by atoms with E-state index in [2.05, 4.69) is 15.9 Å². The fourth-order valence-corrected chi connectivity index (χ4v) is 1.61. The third-order valence-electron chi connectivity index (χ3n) is 1.68. The minimum Gasteiger partial charge on any atom is -0.445 e. The molecule has 0 heterocycles. The molecule has 0 nitrogen and oxygen atoms in total. The van der Waals surface area contributed by atoms with Crippen LogP contribution in [0.5, 0.6) is 0 Å². The van der Waals surface area contributed by atoms with Gasteiger partial charge in [0.25, 0.3) is 0 Å². The van der Waals surface area contributed by atoms with Crippen molar-refractivity contribution < 1.29 is 26.1 Å². The number of rotatable bonds is 1. The molecule has 0 N–H and O–H groups in total. The molecule has 1 aromatic carbocycles. The first-order valence-corrected chi connectivity index (χ1v) is 4.48. The molecule has 0 aliphatic heterocycles. The van der Waals surface area contributed by atoms with Gasteiger partial charge in [-0.2, -0.15) is 13.2 Å². The molecule has 0 saturated heterocycles. The van der Waals surface area contributed by atoms with E-state index in [1.807, 2.05) is 0 Å². The predicted molar refractivity (Wildman–Crippen MR) is 47.9 cm³/mol. The second-order valence-electron chi connectivity index (χ2n) is 2.81. The molecule has 0 atom stereocenters. The van der Waals surface area contributed by atoms with Gasteiger partial charge in [-0.1, -0.05) is 33.5 Å². The number of hydrogen-bond donors (Lipinski definition) is 0. The fraction of sp³-hybridized carbons (Fsp3) is 0.143. The molecule has 0 spiro atoms. The second-order valence-corrected chi connectivity index (χ2v) is 3.66. The minimum absolute atomic E-state index is 0.412. The topological polar surface area (TPSA) is 0 Å². The maximum atomic E-state index is 12.2. The van der Waals surface area contributed by atoms with Gasteiger partial charge in [0, 0.05) is 0 Å². The third-order valence-corrected chi connectivity index (χ3v) is 2.37. The first-order valence-electron chi connectivity index (χ1n) is 3.69. The molecular weight excluding hydrogens is 289 g/mol. The Labute approximate surface area is 89.5 Å². The summed E-state index contributed by atoms with van der Waals surface area (Å²) in [6.07, 6.45) is -4.64. The summed E-state index contributed by atoms with van der Waals surface area (Å²) >= 11 is 2.47. The van der Waals surface area contributed by atoms with Crippen LogP contribution in [0.4, 0.5) is 26.1 Å². The van der Waals surface area contributed by atoms with E-state index in [9.17, 15) is 26.1 Å². The molecule has 0 bridgehead atoms.